The largest absolute Gasteiger partial charge is 0.393 e. The molecule has 1 aromatic heterocycles. The molecule has 1 saturated heterocycles. The lowest BCUT2D eigenvalue weighted by atomic mass is 9.93. The van der Waals surface area contributed by atoms with E-state index in [-0.39, 0.29) is 12.5 Å². The molecule has 0 spiro atoms. The highest BCUT2D eigenvalue weighted by molar-refractivity contribution is 5.23. The Morgan fingerprint density at radius 1 is 1.68 bits per heavy atom. The molecule has 0 amide bonds. The minimum atomic E-state index is -1.64. The Morgan fingerprint density at radius 3 is 2.95 bits per heavy atom. The van der Waals surface area contributed by atoms with E-state index in [9.17, 15) is 14.3 Å². The van der Waals surface area contributed by atoms with Crippen molar-refractivity contribution in [3.63, 3.8) is 0 Å². The monoisotopic (exact) mass is 316 g/mol. The van der Waals surface area contributed by atoms with Crippen LogP contribution in [0.1, 0.15) is 19.6 Å². The highest BCUT2D eigenvalue weighted by Gasteiger charge is 2.56. The number of rotatable bonds is 6. The lowest BCUT2D eigenvalue weighted by Gasteiger charge is -2.31. The fourth-order valence-electron chi connectivity index (χ4n) is 2.58. The molecular weight excluding hydrogens is 295 g/mol. The van der Waals surface area contributed by atoms with Crippen LogP contribution in [0.3, 0.4) is 0 Å². The molecule has 22 heavy (non-hydrogen) atoms. The van der Waals surface area contributed by atoms with Crippen LogP contribution in [0.2, 0.25) is 0 Å². The van der Waals surface area contributed by atoms with Crippen molar-refractivity contribution >= 4 is 5.82 Å². The van der Waals surface area contributed by atoms with E-state index in [0.717, 1.165) is 4.57 Å². The van der Waals surface area contributed by atoms with Crippen LogP contribution in [0.25, 0.3) is 0 Å². The van der Waals surface area contributed by atoms with Crippen LogP contribution in [0, 0.1) is 0 Å². The Hall–Kier alpha value is -1.55. The first-order valence-corrected chi connectivity index (χ1v) is 7.02. The molecule has 4 unspecified atom stereocenters. The van der Waals surface area contributed by atoms with Crippen LogP contribution >= 0.6 is 0 Å². The molecule has 0 radical (unpaired) electrons. The molecule has 0 saturated carbocycles. The average molecular weight is 316 g/mol. The topological polar surface area (TPSA) is 112 Å². The van der Waals surface area contributed by atoms with Crippen LogP contribution in [-0.2, 0) is 9.47 Å². The van der Waals surface area contributed by atoms with E-state index in [4.69, 9.17) is 15.2 Å². The van der Waals surface area contributed by atoms with Gasteiger partial charge in [0, 0.05) is 6.20 Å². The molecule has 1 fully saturated rings. The van der Waals surface area contributed by atoms with Crippen molar-refractivity contribution in [2.75, 3.05) is 26.1 Å². The summed E-state index contributed by atoms with van der Waals surface area (Å²) in [7, 11) is 1.65. The van der Waals surface area contributed by atoms with Gasteiger partial charge in [-0.05, 0) is 19.5 Å². The van der Waals surface area contributed by atoms with Crippen molar-refractivity contribution in [2.24, 2.45) is 0 Å². The van der Waals surface area contributed by atoms with E-state index < -0.39 is 36.4 Å². The zero-order valence-corrected chi connectivity index (χ0v) is 12.5. The van der Waals surface area contributed by atoms with Gasteiger partial charge in [0.05, 0.1) is 13.3 Å². The number of alkyl halides is 1. The maximum atomic E-state index is 14.8. The minimum absolute atomic E-state index is 0.0431. The fourth-order valence-corrected chi connectivity index (χ4v) is 2.58. The summed E-state index contributed by atoms with van der Waals surface area (Å²) in [4.78, 5) is 15.5. The van der Waals surface area contributed by atoms with E-state index in [1.165, 1.54) is 12.3 Å². The molecule has 1 aromatic rings. The van der Waals surface area contributed by atoms with Crippen molar-refractivity contribution in [1.82, 2.24) is 14.9 Å². The summed E-state index contributed by atoms with van der Waals surface area (Å²) < 4.78 is 26.9. The molecule has 1 aliphatic rings. The van der Waals surface area contributed by atoms with Gasteiger partial charge in [-0.1, -0.05) is 6.92 Å². The number of aliphatic hydroxyl groups excluding tert-OH is 1. The van der Waals surface area contributed by atoms with Crippen molar-refractivity contribution in [3.05, 3.63) is 22.7 Å². The van der Waals surface area contributed by atoms with Gasteiger partial charge in [0.2, 0.25) is 0 Å². The van der Waals surface area contributed by atoms with Gasteiger partial charge in [-0.3, -0.25) is 9.88 Å². The molecule has 1 aliphatic heterocycles. The van der Waals surface area contributed by atoms with Crippen molar-refractivity contribution < 1.29 is 19.0 Å². The third-order valence-corrected chi connectivity index (χ3v) is 3.83. The van der Waals surface area contributed by atoms with Crippen LogP contribution < -0.4 is 16.7 Å². The van der Waals surface area contributed by atoms with E-state index in [0.29, 0.717) is 6.42 Å². The van der Waals surface area contributed by atoms with Gasteiger partial charge < -0.3 is 20.3 Å². The van der Waals surface area contributed by atoms with Gasteiger partial charge in [-0.15, -0.1) is 0 Å². The molecule has 4 atom stereocenters. The van der Waals surface area contributed by atoms with Gasteiger partial charge in [0.25, 0.3) is 0 Å². The molecule has 2 heterocycles. The SMILES string of the molecule is CCC1(CO)OC(n2ccc(N)nc2=O)C(F)C1OCNC. The summed E-state index contributed by atoms with van der Waals surface area (Å²) >= 11 is 0. The van der Waals surface area contributed by atoms with E-state index in [1.54, 1.807) is 14.0 Å². The Balaban J connectivity index is 2.36. The number of halogens is 1. The fraction of sp³-hybridized carbons (Fsp3) is 0.692. The van der Waals surface area contributed by atoms with Crippen molar-refractivity contribution in [2.45, 2.75) is 37.4 Å². The third kappa shape index (κ3) is 2.84. The van der Waals surface area contributed by atoms with Crippen LogP contribution in [0.4, 0.5) is 10.2 Å². The van der Waals surface area contributed by atoms with E-state index >= 15 is 0 Å². The summed E-state index contributed by atoms with van der Waals surface area (Å²) in [5, 5.41) is 12.4. The van der Waals surface area contributed by atoms with Crippen LogP contribution in [0.15, 0.2) is 17.1 Å². The van der Waals surface area contributed by atoms with Gasteiger partial charge in [-0.25, -0.2) is 9.18 Å². The second-order valence-electron chi connectivity index (χ2n) is 5.16. The number of hydrogen-bond acceptors (Lipinski definition) is 7. The number of nitrogens with zero attached hydrogens (tertiary/aromatic N) is 2. The molecule has 0 aliphatic carbocycles. The quantitative estimate of drug-likeness (QED) is 0.601. The van der Waals surface area contributed by atoms with Gasteiger partial charge in [-0.2, -0.15) is 4.98 Å². The Bertz CT molecular complexity index is 563. The Kier molecular flexibility index (Phi) is 5.12. The number of nitrogens with one attached hydrogen (secondary N) is 1. The Labute approximate surface area is 127 Å². The maximum Gasteiger partial charge on any atom is 0.351 e. The molecule has 2 rings (SSSR count). The number of aliphatic hydroxyl groups is 1. The zero-order valence-electron chi connectivity index (χ0n) is 12.5. The second-order valence-corrected chi connectivity index (χ2v) is 5.16. The summed E-state index contributed by atoms with van der Waals surface area (Å²) in [5.74, 6) is 0.0431. The number of hydrogen-bond donors (Lipinski definition) is 3. The van der Waals surface area contributed by atoms with Crippen molar-refractivity contribution in [3.8, 4) is 0 Å². The summed E-state index contributed by atoms with van der Waals surface area (Å²) in [5.41, 5.74) is 3.49. The summed E-state index contributed by atoms with van der Waals surface area (Å²) in [6, 6.07) is 1.38. The molecule has 9 heteroatoms. The first-order chi connectivity index (χ1) is 10.5. The first-order valence-electron chi connectivity index (χ1n) is 7.02. The molecule has 8 nitrogen and oxygen atoms in total. The number of aromatic nitrogens is 2. The highest BCUT2D eigenvalue weighted by Crippen LogP contribution is 2.42. The molecule has 0 aromatic carbocycles. The maximum absolute atomic E-state index is 14.8. The van der Waals surface area contributed by atoms with E-state index in [1.807, 2.05) is 0 Å². The number of ether oxygens (including phenoxy) is 2. The highest BCUT2D eigenvalue weighted by atomic mass is 19.1. The smallest absolute Gasteiger partial charge is 0.351 e. The predicted octanol–water partition coefficient (Wildman–Crippen LogP) is -0.604. The van der Waals surface area contributed by atoms with E-state index in [2.05, 4.69) is 10.3 Å². The third-order valence-electron chi connectivity index (χ3n) is 3.83. The van der Waals surface area contributed by atoms with Crippen LogP contribution in [-0.4, -0.2) is 52.9 Å². The van der Waals surface area contributed by atoms with Crippen LogP contribution in [0.5, 0.6) is 0 Å². The standard InChI is InChI=1S/C13H21FN4O4/c1-3-13(6-19)10(21-7-16-2)9(14)11(22-13)18-5-4-8(15)17-12(18)20/h4-5,9-11,16,19H,3,6-7H2,1-2H3,(H2,15,17,20). The molecule has 124 valence electrons. The normalized spacial score (nSPS) is 31.5. The number of nitrogens with two attached hydrogens (primary N) is 1. The Morgan fingerprint density at radius 2 is 2.41 bits per heavy atom. The number of nitrogen functional groups attached to an aromatic ring is 1. The van der Waals surface area contributed by atoms with Gasteiger partial charge in [0.1, 0.15) is 17.5 Å². The summed E-state index contributed by atoms with van der Waals surface area (Å²) in [6.45, 7) is 1.43. The first kappa shape index (κ1) is 16.8. The minimum Gasteiger partial charge on any atom is -0.393 e. The second kappa shape index (κ2) is 6.69. The van der Waals surface area contributed by atoms with Gasteiger partial charge >= 0.3 is 5.69 Å². The predicted molar refractivity (Wildman–Crippen MR) is 76.8 cm³/mol. The van der Waals surface area contributed by atoms with Gasteiger partial charge in [0.15, 0.2) is 12.4 Å². The lowest BCUT2D eigenvalue weighted by molar-refractivity contribution is -0.144. The lowest BCUT2D eigenvalue weighted by Crippen LogP contribution is -2.47. The number of anilines is 1. The summed E-state index contributed by atoms with van der Waals surface area (Å²) in [6.07, 6.45) is -2.23. The average Bonchev–Trinajstić information content (AvgIpc) is 2.78. The molecular formula is C13H21FN4O4. The molecule has 4 N–H and O–H groups in total. The zero-order chi connectivity index (χ0) is 16.3. The van der Waals surface area contributed by atoms with Crippen molar-refractivity contribution in [1.29, 1.82) is 0 Å². The molecule has 0 bridgehead atoms.